The molecule has 0 unspecified atom stereocenters. The third kappa shape index (κ3) is 1.88. The third-order valence-corrected chi connectivity index (χ3v) is 3.25. The molecule has 1 aliphatic carbocycles. The van der Waals surface area contributed by atoms with E-state index in [2.05, 4.69) is 0 Å². The predicted octanol–water partition coefficient (Wildman–Crippen LogP) is 4.04. The standard InChI is InChI=1S/C11H9Cl2FO/c12-7-5-6-3-1-2-4-8(15)9(6)10(13)11(7)14/h5H,1-4H2. The summed E-state index contributed by atoms with van der Waals surface area (Å²) in [6, 6.07) is 1.52. The number of hydrogen-bond acceptors (Lipinski definition) is 1. The van der Waals surface area contributed by atoms with Gasteiger partial charge in [-0.1, -0.05) is 23.2 Å². The lowest BCUT2D eigenvalue weighted by atomic mass is 10.0. The number of halogens is 3. The first-order valence-electron chi connectivity index (χ1n) is 4.81. The molecule has 80 valence electrons. The number of aryl methyl sites for hydroxylation is 1. The van der Waals surface area contributed by atoms with Gasteiger partial charge in [-0.2, -0.15) is 0 Å². The van der Waals surface area contributed by atoms with Crippen LogP contribution in [-0.2, 0) is 6.42 Å². The fraction of sp³-hybridized carbons (Fsp3) is 0.364. The Bertz CT molecular complexity index is 429. The number of fused-ring (bicyclic) bond motifs is 1. The maximum absolute atomic E-state index is 13.4. The van der Waals surface area contributed by atoms with E-state index in [0.29, 0.717) is 12.0 Å². The first-order valence-corrected chi connectivity index (χ1v) is 5.56. The highest BCUT2D eigenvalue weighted by Crippen LogP contribution is 2.33. The van der Waals surface area contributed by atoms with E-state index >= 15 is 0 Å². The molecule has 0 saturated heterocycles. The average molecular weight is 247 g/mol. The number of rotatable bonds is 0. The zero-order chi connectivity index (χ0) is 11.0. The average Bonchev–Trinajstić information content (AvgIpc) is 2.37. The number of hydrogen-bond donors (Lipinski definition) is 0. The molecule has 0 aromatic heterocycles. The van der Waals surface area contributed by atoms with Gasteiger partial charge in [0.05, 0.1) is 10.0 Å². The van der Waals surface area contributed by atoms with E-state index in [0.717, 1.165) is 24.8 Å². The summed E-state index contributed by atoms with van der Waals surface area (Å²) >= 11 is 11.5. The monoisotopic (exact) mass is 246 g/mol. The van der Waals surface area contributed by atoms with E-state index < -0.39 is 5.82 Å². The summed E-state index contributed by atoms with van der Waals surface area (Å²) in [5, 5.41) is -0.127. The van der Waals surface area contributed by atoms with Crippen LogP contribution in [0.15, 0.2) is 6.07 Å². The second kappa shape index (κ2) is 4.11. The molecule has 1 nitrogen and oxygen atoms in total. The molecule has 2 rings (SSSR count). The van der Waals surface area contributed by atoms with Gasteiger partial charge in [0.1, 0.15) is 0 Å². The first kappa shape index (κ1) is 10.9. The first-order chi connectivity index (χ1) is 7.11. The van der Waals surface area contributed by atoms with Crippen LogP contribution in [0.2, 0.25) is 10.0 Å². The van der Waals surface area contributed by atoms with E-state index in [9.17, 15) is 9.18 Å². The van der Waals surface area contributed by atoms with Crippen LogP contribution in [0.4, 0.5) is 4.39 Å². The zero-order valence-corrected chi connectivity index (χ0v) is 9.46. The quantitative estimate of drug-likeness (QED) is 0.499. The van der Waals surface area contributed by atoms with Crippen LogP contribution in [-0.4, -0.2) is 5.78 Å². The smallest absolute Gasteiger partial charge is 0.164 e. The molecule has 0 aliphatic heterocycles. The molecule has 1 aliphatic rings. The maximum atomic E-state index is 13.4. The number of carbonyl (C=O) groups excluding carboxylic acids is 1. The van der Waals surface area contributed by atoms with Crippen LogP contribution >= 0.6 is 23.2 Å². The molecule has 1 aromatic rings. The lowest BCUT2D eigenvalue weighted by Gasteiger charge is -2.08. The molecule has 0 atom stereocenters. The molecule has 1 aromatic carbocycles. The topological polar surface area (TPSA) is 17.1 Å². The van der Waals surface area contributed by atoms with Gasteiger partial charge in [-0.3, -0.25) is 4.79 Å². The van der Waals surface area contributed by atoms with Gasteiger partial charge in [0.15, 0.2) is 11.6 Å². The van der Waals surface area contributed by atoms with Crippen LogP contribution in [0.1, 0.15) is 35.2 Å². The largest absolute Gasteiger partial charge is 0.294 e. The van der Waals surface area contributed by atoms with Crippen LogP contribution in [0.3, 0.4) is 0 Å². The Morgan fingerprint density at radius 2 is 1.87 bits per heavy atom. The van der Waals surface area contributed by atoms with Crippen molar-refractivity contribution < 1.29 is 9.18 Å². The molecule has 0 radical (unpaired) electrons. The van der Waals surface area contributed by atoms with Crippen molar-refractivity contribution >= 4 is 29.0 Å². The van der Waals surface area contributed by atoms with Crippen molar-refractivity contribution in [3.8, 4) is 0 Å². The molecule has 4 heteroatoms. The lowest BCUT2D eigenvalue weighted by Crippen LogP contribution is -2.03. The van der Waals surface area contributed by atoms with Crippen molar-refractivity contribution in [2.45, 2.75) is 25.7 Å². The molecule has 0 amide bonds. The van der Waals surface area contributed by atoms with Gasteiger partial charge in [0.2, 0.25) is 0 Å². The minimum atomic E-state index is -0.688. The summed E-state index contributed by atoms with van der Waals surface area (Å²) in [5.41, 5.74) is 1.10. The fourth-order valence-electron chi connectivity index (χ4n) is 1.87. The Hall–Kier alpha value is -0.600. The maximum Gasteiger partial charge on any atom is 0.164 e. The highest BCUT2D eigenvalue weighted by molar-refractivity contribution is 6.37. The molecule has 0 bridgehead atoms. The number of benzene rings is 1. The van der Waals surface area contributed by atoms with Crippen molar-refractivity contribution in [1.82, 2.24) is 0 Å². The molecular formula is C11H9Cl2FO. The Morgan fingerprint density at radius 1 is 1.20 bits per heavy atom. The molecule has 0 N–H and O–H groups in total. The minimum Gasteiger partial charge on any atom is -0.294 e. The van der Waals surface area contributed by atoms with Crippen molar-refractivity contribution in [2.24, 2.45) is 0 Å². The van der Waals surface area contributed by atoms with Gasteiger partial charge in [-0.25, -0.2) is 4.39 Å². The highest BCUT2D eigenvalue weighted by atomic mass is 35.5. The summed E-state index contributed by atoms with van der Waals surface area (Å²) in [6.45, 7) is 0. The van der Waals surface area contributed by atoms with Crippen molar-refractivity contribution in [1.29, 1.82) is 0 Å². The predicted molar refractivity (Wildman–Crippen MR) is 58.3 cm³/mol. The van der Waals surface area contributed by atoms with Gasteiger partial charge in [0.25, 0.3) is 0 Å². The van der Waals surface area contributed by atoms with Gasteiger partial charge >= 0.3 is 0 Å². The normalized spacial score (nSPS) is 16.1. The van der Waals surface area contributed by atoms with E-state index in [1.165, 1.54) is 6.07 Å². The molecule has 0 fully saturated rings. The van der Waals surface area contributed by atoms with Gasteiger partial charge in [-0.05, 0) is 30.9 Å². The SMILES string of the molecule is O=C1CCCCc2cc(Cl)c(F)c(Cl)c21. The Morgan fingerprint density at radius 3 is 2.60 bits per heavy atom. The van der Waals surface area contributed by atoms with Gasteiger partial charge in [-0.15, -0.1) is 0 Å². The second-order valence-corrected chi connectivity index (χ2v) is 4.44. The molecule has 0 saturated carbocycles. The lowest BCUT2D eigenvalue weighted by molar-refractivity contribution is 0.0981. The van der Waals surface area contributed by atoms with E-state index in [4.69, 9.17) is 23.2 Å². The zero-order valence-electron chi connectivity index (χ0n) is 7.95. The van der Waals surface area contributed by atoms with Crippen LogP contribution in [0.25, 0.3) is 0 Å². The van der Waals surface area contributed by atoms with Gasteiger partial charge in [0, 0.05) is 12.0 Å². The van der Waals surface area contributed by atoms with E-state index in [1.54, 1.807) is 0 Å². The van der Waals surface area contributed by atoms with Crippen LogP contribution in [0, 0.1) is 5.82 Å². The summed E-state index contributed by atoms with van der Waals surface area (Å²) in [4.78, 5) is 11.7. The van der Waals surface area contributed by atoms with Crippen LogP contribution < -0.4 is 0 Å². The van der Waals surface area contributed by atoms with E-state index in [-0.39, 0.29) is 15.8 Å². The molecule has 0 spiro atoms. The van der Waals surface area contributed by atoms with Crippen molar-refractivity contribution in [3.05, 3.63) is 33.1 Å². The molecule has 15 heavy (non-hydrogen) atoms. The Labute approximate surface area is 97.2 Å². The van der Waals surface area contributed by atoms with E-state index in [1.807, 2.05) is 0 Å². The number of carbonyl (C=O) groups is 1. The summed E-state index contributed by atoms with van der Waals surface area (Å²) in [5.74, 6) is -0.768. The second-order valence-electron chi connectivity index (χ2n) is 3.65. The summed E-state index contributed by atoms with van der Waals surface area (Å²) in [6.07, 6.45) is 2.91. The number of ketones is 1. The minimum absolute atomic E-state index is 0.00606. The fourth-order valence-corrected chi connectivity index (χ4v) is 2.47. The van der Waals surface area contributed by atoms with Gasteiger partial charge < -0.3 is 0 Å². The highest BCUT2D eigenvalue weighted by Gasteiger charge is 2.22. The van der Waals surface area contributed by atoms with Crippen LogP contribution in [0.5, 0.6) is 0 Å². The Kier molecular flexibility index (Phi) is 2.98. The van der Waals surface area contributed by atoms with Crippen molar-refractivity contribution in [3.63, 3.8) is 0 Å². The number of Topliss-reactive ketones (excluding diaryl/α,β-unsaturated/α-hetero) is 1. The summed E-state index contributed by atoms with van der Waals surface area (Å²) < 4.78 is 13.4. The molecule has 0 heterocycles. The Balaban J connectivity index is 2.66. The third-order valence-electron chi connectivity index (χ3n) is 2.62. The van der Waals surface area contributed by atoms with Crippen molar-refractivity contribution in [2.75, 3.05) is 0 Å². The molecular weight excluding hydrogens is 238 g/mol. The summed E-state index contributed by atoms with van der Waals surface area (Å²) in [7, 11) is 0.